The Bertz CT molecular complexity index is 810. The number of nitrogens with zero attached hydrogens (tertiary/aromatic N) is 2. The molecule has 0 N–H and O–H groups in total. The highest BCUT2D eigenvalue weighted by molar-refractivity contribution is 6.62. The van der Waals surface area contributed by atoms with Crippen LogP contribution < -0.4 is 10.2 Å². The molecule has 0 amide bonds. The van der Waals surface area contributed by atoms with Crippen molar-refractivity contribution >= 4 is 24.2 Å². The topological polar surface area (TPSA) is 53.5 Å². The summed E-state index contributed by atoms with van der Waals surface area (Å²) in [6.45, 7) is 10.3. The third-order valence-corrected chi connectivity index (χ3v) is 5.26. The second-order valence-electron chi connectivity index (χ2n) is 7.66. The fraction of sp³-hybridized carbons (Fsp3) is 0.474. The largest absolute Gasteiger partial charge is 0.494 e. The lowest BCUT2D eigenvalue weighted by Gasteiger charge is -2.32. The molecule has 0 spiro atoms. The summed E-state index contributed by atoms with van der Waals surface area (Å²) < 4.78 is 17.5. The molecule has 2 heterocycles. The minimum Gasteiger partial charge on any atom is -0.480 e. The zero-order valence-corrected chi connectivity index (χ0v) is 16.8. The molecule has 0 radical (unpaired) electrons. The Labute approximate surface area is 160 Å². The first kappa shape index (κ1) is 19.1. The third kappa shape index (κ3) is 3.73. The lowest BCUT2D eigenvalue weighted by molar-refractivity contribution is 0.00578. The molecule has 1 aliphatic heterocycles. The molecule has 5 nitrogen and oxygen atoms in total. The average molecular weight is 375 g/mol. The molecule has 3 rings (SSSR count). The molecule has 1 saturated heterocycles. The number of ether oxygens (including phenoxy) is 1. The first-order chi connectivity index (χ1) is 12.1. The molecule has 1 aliphatic rings. The predicted molar refractivity (Wildman–Crippen MR) is 103 cm³/mol. The summed E-state index contributed by atoms with van der Waals surface area (Å²) in [6, 6.07) is 6.29. The monoisotopic (exact) mass is 374 g/mol. The van der Waals surface area contributed by atoms with Gasteiger partial charge in [0.25, 0.3) is 0 Å². The summed E-state index contributed by atoms with van der Waals surface area (Å²) in [7, 11) is 1.15. The van der Waals surface area contributed by atoms with E-state index in [4.69, 9.17) is 25.6 Å². The number of hydrogen-bond acceptors (Lipinski definition) is 5. The predicted octanol–water partition coefficient (Wildman–Crippen LogP) is 3.34. The van der Waals surface area contributed by atoms with Gasteiger partial charge in [0.2, 0.25) is 5.88 Å². The number of aryl methyl sites for hydroxylation is 1. The van der Waals surface area contributed by atoms with Crippen LogP contribution in [0.1, 0.15) is 44.6 Å². The number of rotatable bonds is 4. The van der Waals surface area contributed by atoms with Crippen LogP contribution >= 0.6 is 11.6 Å². The Balaban J connectivity index is 1.87. The van der Waals surface area contributed by atoms with E-state index in [0.29, 0.717) is 23.1 Å². The van der Waals surface area contributed by atoms with E-state index in [1.807, 2.05) is 0 Å². The van der Waals surface area contributed by atoms with E-state index in [0.717, 1.165) is 16.6 Å². The molecule has 1 fully saturated rings. The number of methoxy groups -OCH3 is 1. The lowest BCUT2D eigenvalue weighted by Crippen LogP contribution is -2.41. The van der Waals surface area contributed by atoms with Crippen LogP contribution in [0.4, 0.5) is 0 Å². The smallest absolute Gasteiger partial charge is 0.480 e. The van der Waals surface area contributed by atoms with Crippen molar-refractivity contribution in [3.05, 3.63) is 46.4 Å². The van der Waals surface area contributed by atoms with Crippen molar-refractivity contribution in [2.24, 2.45) is 0 Å². The zero-order chi connectivity index (χ0) is 19.1. The summed E-state index contributed by atoms with van der Waals surface area (Å²) in [6.07, 6.45) is 2.13. The fourth-order valence-electron chi connectivity index (χ4n) is 2.91. The van der Waals surface area contributed by atoms with Gasteiger partial charge in [-0.25, -0.2) is 4.98 Å². The maximum absolute atomic E-state index is 6.17. The maximum Gasteiger partial charge on any atom is 0.494 e. The Hall–Kier alpha value is -1.63. The van der Waals surface area contributed by atoms with Gasteiger partial charge < -0.3 is 14.0 Å². The van der Waals surface area contributed by atoms with Crippen LogP contribution in [0.2, 0.25) is 5.02 Å². The minimum absolute atomic E-state index is 0.367. The van der Waals surface area contributed by atoms with Crippen molar-refractivity contribution in [2.45, 2.75) is 52.2 Å². The Kier molecular flexibility index (Phi) is 5.03. The average Bonchev–Trinajstić information content (AvgIpc) is 2.77. The molecular weight excluding hydrogens is 350 g/mol. The van der Waals surface area contributed by atoms with Crippen LogP contribution in [0, 0.1) is 6.92 Å². The Morgan fingerprint density at radius 2 is 1.77 bits per heavy atom. The zero-order valence-electron chi connectivity index (χ0n) is 16.1. The van der Waals surface area contributed by atoms with E-state index in [-0.39, 0.29) is 18.3 Å². The number of halogens is 1. The maximum atomic E-state index is 6.17. The van der Waals surface area contributed by atoms with Gasteiger partial charge >= 0.3 is 7.12 Å². The van der Waals surface area contributed by atoms with E-state index < -0.39 is 0 Å². The Morgan fingerprint density at radius 1 is 1.12 bits per heavy atom. The first-order valence-electron chi connectivity index (χ1n) is 8.63. The van der Waals surface area contributed by atoms with Gasteiger partial charge in [0.15, 0.2) is 0 Å². The number of hydrogen-bond donors (Lipinski definition) is 0. The second-order valence-corrected chi connectivity index (χ2v) is 8.07. The quantitative estimate of drug-likeness (QED) is 0.768. The molecule has 0 atom stereocenters. The number of aromatic nitrogens is 2. The van der Waals surface area contributed by atoms with Crippen LogP contribution in [0.25, 0.3) is 0 Å². The first-order valence-corrected chi connectivity index (χ1v) is 9.00. The van der Waals surface area contributed by atoms with E-state index in [1.165, 1.54) is 0 Å². The second kappa shape index (κ2) is 6.84. The minimum atomic E-state index is -0.390. The Morgan fingerprint density at radius 3 is 2.38 bits per heavy atom. The van der Waals surface area contributed by atoms with Crippen LogP contribution in [-0.2, 0) is 15.7 Å². The van der Waals surface area contributed by atoms with Crippen LogP contribution in [0.15, 0.2) is 24.4 Å². The summed E-state index contributed by atoms with van der Waals surface area (Å²) in [5.41, 5.74) is 2.48. The van der Waals surface area contributed by atoms with Gasteiger partial charge in [-0.05, 0) is 45.6 Å². The molecule has 0 unspecified atom stereocenters. The van der Waals surface area contributed by atoms with Crippen molar-refractivity contribution in [3.8, 4) is 5.88 Å². The molecule has 0 bridgehead atoms. The lowest BCUT2D eigenvalue weighted by atomic mass is 9.77. The molecule has 26 heavy (non-hydrogen) atoms. The van der Waals surface area contributed by atoms with Crippen molar-refractivity contribution < 1.29 is 14.0 Å². The van der Waals surface area contributed by atoms with Gasteiger partial charge in [-0.2, -0.15) is 4.98 Å². The van der Waals surface area contributed by atoms with Gasteiger partial charge in [-0.1, -0.05) is 35.4 Å². The van der Waals surface area contributed by atoms with Crippen LogP contribution in [0.3, 0.4) is 0 Å². The highest BCUT2D eigenvalue weighted by atomic mass is 35.5. The highest BCUT2D eigenvalue weighted by Gasteiger charge is 2.51. The molecule has 1 aromatic carbocycles. The molecular formula is C19H24BClN2O3. The van der Waals surface area contributed by atoms with E-state index in [2.05, 4.69) is 62.8 Å². The molecule has 1 aromatic heterocycles. The van der Waals surface area contributed by atoms with Crippen LogP contribution in [-0.4, -0.2) is 35.4 Å². The van der Waals surface area contributed by atoms with Gasteiger partial charge in [0, 0.05) is 6.42 Å². The van der Waals surface area contributed by atoms with Gasteiger partial charge in [0.05, 0.1) is 24.5 Å². The third-order valence-electron chi connectivity index (χ3n) is 5.00. The van der Waals surface area contributed by atoms with E-state index in [9.17, 15) is 0 Å². The van der Waals surface area contributed by atoms with Gasteiger partial charge in [-0.15, -0.1) is 0 Å². The highest BCUT2D eigenvalue weighted by Crippen LogP contribution is 2.36. The molecule has 0 saturated carbocycles. The van der Waals surface area contributed by atoms with E-state index >= 15 is 0 Å². The molecule has 7 heteroatoms. The summed E-state index contributed by atoms with van der Waals surface area (Å²) in [4.78, 5) is 8.66. The van der Waals surface area contributed by atoms with Crippen molar-refractivity contribution in [3.63, 3.8) is 0 Å². The van der Waals surface area contributed by atoms with Gasteiger partial charge in [-0.3, -0.25) is 0 Å². The standard InChI is InChI=1S/C19H24BClN2O3/c1-12-7-13(10-16-22-11-15(21)17(23-16)24-6)9-14(8-12)20-25-18(2,3)19(4,5)26-20/h7-9,11H,10H2,1-6H3. The van der Waals surface area contributed by atoms with Crippen molar-refractivity contribution in [1.82, 2.24) is 9.97 Å². The van der Waals surface area contributed by atoms with Crippen molar-refractivity contribution in [1.29, 1.82) is 0 Å². The van der Waals surface area contributed by atoms with Crippen LogP contribution in [0.5, 0.6) is 5.88 Å². The van der Waals surface area contributed by atoms with Crippen molar-refractivity contribution in [2.75, 3.05) is 7.11 Å². The molecule has 138 valence electrons. The fourth-order valence-corrected chi connectivity index (χ4v) is 3.08. The summed E-state index contributed by atoms with van der Waals surface area (Å²) in [5.74, 6) is 1.03. The number of benzene rings is 1. The van der Waals surface area contributed by atoms with Gasteiger partial charge in [0.1, 0.15) is 10.8 Å². The van der Waals surface area contributed by atoms with E-state index in [1.54, 1.807) is 13.3 Å². The molecule has 0 aliphatic carbocycles. The molecule has 2 aromatic rings. The normalized spacial score (nSPS) is 18.2. The summed E-state index contributed by atoms with van der Waals surface area (Å²) >= 11 is 6.01. The SMILES string of the molecule is COc1nc(Cc2cc(C)cc(B3OC(C)(C)C(C)(C)O3)c2)ncc1Cl. The summed E-state index contributed by atoms with van der Waals surface area (Å²) in [5, 5.41) is 0.401.